The molecule has 1 aromatic heterocycles. The Kier molecular flexibility index (Phi) is 5.47. The first-order valence-corrected chi connectivity index (χ1v) is 10.7. The van der Waals surface area contributed by atoms with Crippen molar-refractivity contribution in [1.82, 2.24) is 4.57 Å². The zero-order chi connectivity index (χ0) is 23.2. The number of carbonyl (C=O) groups excluding carboxylic acids is 1. The fourth-order valence-electron chi connectivity index (χ4n) is 3.81. The summed E-state index contributed by atoms with van der Waals surface area (Å²) in [5.41, 5.74) is 2.88. The van der Waals surface area contributed by atoms with Gasteiger partial charge < -0.3 is 14.6 Å². The fraction of sp³-hybridized carbons (Fsp3) is 0.231. The van der Waals surface area contributed by atoms with E-state index in [9.17, 15) is 9.59 Å². The van der Waals surface area contributed by atoms with Crippen LogP contribution in [0.4, 0.5) is 5.69 Å². The lowest BCUT2D eigenvalue weighted by Gasteiger charge is -2.21. The maximum absolute atomic E-state index is 13.7. The van der Waals surface area contributed by atoms with E-state index in [1.54, 1.807) is 25.3 Å². The number of halogens is 1. The number of anilines is 1. The van der Waals surface area contributed by atoms with Crippen LogP contribution in [0.15, 0.2) is 59.4 Å². The van der Waals surface area contributed by atoms with Crippen molar-refractivity contribution in [3.63, 3.8) is 0 Å². The number of fused-ring (bicyclic) bond motifs is 2. The average molecular weight is 449 g/mol. The van der Waals surface area contributed by atoms with Gasteiger partial charge in [-0.15, -0.1) is 0 Å². The van der Waals surface area contributed by atoms with Crippen LogP contribution < -0.4 is 15.5 Å². The van der Waals surface area contributed by atoms with Crippen molar-refractivity contribution >= 4 is 45.0 Å². The van der Waals surface area contributed by atoms with E-state index in [2.05, 4.69) is 5.32 Å². The Balaban J connectivity index is 2.09. The summed E-state index contributed by atoms with van der Waals surface area (Å²) in [4.78, 5) is 26.4. The second kappa shape index (κ2) is 7.99. The molecule has 0 radical (unpaired) electrons. The number of nitrogens with zero attached hydrogens (tertiary/aromatic N) is 1. The Morgan fingerprint density at radius 3 is 2.41 bits per heavy atom. The molecule has 0 aliphatic heterocycles. The van der Waals surface area contributed by atoms with Gasteiger partial charge in [-0.3, -0.25) is 9.59 Å². The second-order valence-corrected chi connectivity index (χ2v) is 9.30. The number of hydrogen-bond acceptors (Lipinski definition) is 3. The highest BCUT2D eigenvalue weighted by atomic mass is 35.5. The van der Waals surface area contributed by atoms with Gasteiger partial charge in [0.25, 0.3) is 0 Å². The number of benzene rings is 3. The summed E-state index contributed by atoms with van der Waals surface area (Å²) in [6.45, 7) is 5.58. The first-order valence-electron chi connectivity index (χ1n) is 10.3. The molecule has 4 aromatic rings. The van der Waals surface area contributed by atoms with Crippen LogP contribution in [0.1, 0.15) is 20.8 Å². The lowest BCUT2D eigenvalue weighted by Crippen LogP contribution is -2.27. The third-order valence-electron chi connectivity index (χ3n) is 5.63. The highest BCUT2D eigenvalue weighted by Gasteiger charge is 2.23. The van der Waals surface area contributed by atoms with Gasteiger partial charge in [0.1, 0.15) is 5.75 Å². The summed E-state index contributed by atoms with van der Waals surface area (Å²) in [6.07, 6.45) is 0. The minimum atomic E-state index is -0.560. The minimum absolute atomic E-state index is 0.0978. The van der Waals surface area contributed by atoms with E-state index >= 15 is 0 Å². The molecule has 164 valence electrons. The van der Waals surface area contributed by atoms with Gasteiger partial charge in [0.05, 0.1) is 23.5 Å². The largest absolute Gasteiger partial charge is 0.497 e. The molecule has 0 spiro atoms. The van der Waals surface area contributed by atoms with Crippen LogP contribution in [0.3, 0.4) is 0 Å². The Hall–Kier alpha value is -3.31. The molecule has 0 saturated heterocycles. The van der Waals surface area contributed by atoms with Crippen molar-refractivity contribution in [2.75, 3.05) is 12.4 Å². The van der Waals surface area contributed by atoms with E-state index < -0.39 is 5.41 Å². The van der Waals surface area contributed by atoms with Gasteiger partial charge in [-0.1, -0.05) is 50.6 Å². The number of hydrogen-bond donors (Lipinski definition) is 1. The Labute approximate surface area is 191 Å². The van der Waals surface area contributed by atoms with Crippen molar-refractivity contribution in [2.24, 2.45) is 12.5 Å². The van der Waals surface area contributed by atoms with Crippen LogP contribution in [-0.4, -0.2) is 17.6 Å². The third kappa shape index (κ3) is 3.73. The van der Waals surface area contributed by atoms with E-state index in [0.29, 0.717) is 32.8 Å². The number of aryl methyl sites for hydroxylation is 1. The zero-order valence-corrected chi connectivity index (χ0v) is 19.5. The molecule has 4 rings (SSSR count). The number of amides is 1. The van der Waals surface area contributed by atoms with Crippen molar-refractivity contribution in [1.29, 1.82) is 0 Å². The molecule has 1 heterocycles. The zero-order valence-electron chi connectivity index (χ0n) is 18.7. The first kappa shape index (κ1) is 21.9. The van der Waals surface area contributed by atoms with Crippen LogP contribution in [0.25, 0.3) is 32.9 Å². The number of aromatic nitrogens is 1. The number of ether oxygens (including phenoxy) is 1. The smallest absolute Gasteiger partial charge is 0.229 e. The number of rotatable bonds is 3. The summed E-state index contributed by atoms with van der Waals surface area (Å²) < 4.78 is 7.51. The van der Waals surface area contributed by atoms with Gasteiger partial charge >= 0.3 is 0 Å². The van der Waals surface area contributed by atoms with E-state index in [4.69, 9.17) is 16.3 Å². The van der Waals surface area contributed by atoms with Crippen molar-refractivity contribution in [3.8, 4) is 16.9 Å². The normalized spacial score (nSPS) is 11.7. The predicted molar refractivity (Wildman–Crippen MR) is 132 cm³/mol. The van der Waals surface area contributed by atoms with Gasteiger partial charge in [-0.25, -0.2) is 0 Å². The summed E-state index contributed by atoms with van der Waals surface area (Å²) >= 11 is 6.21. The predicted octanol–water partition coefficient (Wildman–Crippen LogP) is 6.01. The Bertz CT molecular complexity index is 1430. The molecule has 0 unspecified atom stereocenters. The molecule has 0 saturated carbocycles. The number of pyridine rings is 1. The van der Waals surface area contributed by atoms with Crippen LogP contribution in [0, 0.1) is 5.41 Å². The molecule has 0 bridgehead atoms. The molecular formula is C26H25ClN2O3. The van der Waals surface area contributed by atoms with Gasteiger partial charge in [-0.05, 0) is 30.3 Å². The second-order valence-electron chi connectivity index (χ2n) is 8.87. The van der Waals surface area contributed by atoms with E-state index in [1.807, 2.05) is 68.8 Å². The highest BCUT2D eigenvalue weighted by molar-refractivity contribution is 6.31. The number of carbonyl (C=O) groups is 1. The van der Waals surface area contributed by atoms with Crippen LogP contribution in [-0.2, 0) is 11.8 Å². The molecule has 0 aliphatic rings. The molecule has 0 atom stereocenters. The number of para-hydroxylation sites is 1. The third-order valence-corrected chi connectivity index (χ3v) is 5.86. The summed E-state index contributed by atoms with van der Waals surface area (Å²) in [6, 6.07) is 16.4. The quantitative estimate of drug-likeness (QED) is 0.391. The number of nitrogens with one attached hydrogen (secondary N) is 1. The molecule has 32 heavy (non-hydrogen) atoms. The first-order chi connectivity index (χ1) is 15.1. The SMILES string of the molecule is COc1cc(-c2ccccc2NC(=O)C(C)(C)C)c2c(=O)c3ccc(Cl)cc3n(C)c2c1. The van der Waals surface area contributed by atoms with Crippen molar-refractivity contribution < 1.29 is 9.53 Å². The van der Waals surface area contributed by atoms with Gasteiger partial charge in [-0.2, -0.15) is 0 Å². The van der Waals surface area contributed by atoms with Crippen molar-refractivity contribution in [2.45, 2.75) is 20.8 Å². The topological polar surface area (TPSA) is 60.3 Å². The molecule has 6 heteroatoms. The van der Waals surface area contributed by atoms with Crippen molar-refractivity contribution in [3.05, 3.63) is 69.8 Å². The molecule has 1 amide bonds. The lowest BCUT2D eigenvalue weighted by atomic mass is 9.94. The molecular weight excluding hydrogens is 424 g/mol. The molecule has 5 nitrogen and oxygen atoms in total. The fourth-order valence-corrected chi connectivity index (χ4v) is 3.98. The molecule has 1 N–H and O–H groups in total. The van der Waals surface area contributed by atoms with E-state index in [0.717, 1.165) is 16.6 Å². The highest BCUT2D eigenvalue weighted by Crippen LogP contribution is 2.37. The average Bonchev–Trinajstić information content (AvgIpc) is 2.76. The van der Waals surface area contributed by atoms with Gasteiger partial charge in [0.2, 0.25) is 5.91 Å². The maximum Gasteiger partial charge on any atom is 0.229 e. The molecule has 0 aliphatic carbocycles. The summed E-state index contributed by atoms with van der Waals surface area (Å²) in [7, 11) is 3.49. The van der Waals surface area contributed by atoms with Gasteiger partial charge in [0.15, 0.2) is 5.43 Å². The van der Waals surface area contributed by atoms with E-state index in [-0.39, 0.29) is 11.3 Å². The summed E-state index contributed by atoms with van der Waals surface area (Å²) in [5, 5.41) is 4.72. The Morgan fingerprint density at radius 1 is 1.00 bits per heavy atom. The van der Waals surface area contributed by atoms with Crippen LogP contribution in [0.5, 0.6) is 5.75 Å². The van der Waals surface area contributed by atoms with Crippen LogP contribution in [0.2, 0.25) is 5.02 Å². The Morgan fingerprint density at radius 2 is 1.72 bits per heavy atom. The van der Waals surface area contributed by atoms with E-state index in [1.165, 1.54) is 0 Å². The monoisotopic (exact) mass is 448 g/mol. The van der Waals surface area contributed by atoms with Gasteiger partial charge in [0, 0.05) is 45.8 Å². The molecule has 0 fully saturated rings. The lowest BCUT2D eigenvalue weighted by molar-refractivity contribution is -0.123. The minimum Gasteiger partial charge on any atom is -0.497 e. The molecule has 3 aromatic carbocycles. The standard InChI is InChI=1S/C26H25ClN2O3/c1-26(2,3)25(31)28-20-9-7-6-8-17(20)19-13-16(32-5)14-22-23(19)24(30)18-11-10-15(27)12-21(18)29(22)4/h6-14H,1-5H3,(H,28,31). The van der Waals surface area contributed by atoms with Crippen LogP contribution >= 0.6 is 11.6 Å². The maximum atomic E-state index is 13.7. The summed E-state index contributed by atoms with van der Waals surface area (Å²) in [5.74, 6) is 0.506. The number of methoxy groups -OCH3 is 1.